The molecule has 132 valence electrons. The highest BCUT2D eigenvalue weighted by atomic mass is 35.5. The Balaban J connectivity index is 0.00000264. The summed E-state index contributed by atoms with van der Waals surface area (Å²) in [5, 5.41) is 3.36. The zero-order valence-electron chi connectivity index (χ0n) is 13.0. The highest BCUT2D eigenvalue weighted by molar-refractivity contribution is 8.00. The van der Waals surface area contributed by atoms with Gasteiger partial charge in [-0.3, -0.25) is 0 Å². The van der Waals surface area contributed by atoms with E-state index in [9.17, 15) is 13.2 Å². The summed E-state index contributed by atoms with van der Waals surface area (Å²) in [6.45, 7) is 1.77. The van der Waals surface area contributed by atoms with Crippen LogP contribution in [0.3, 0.4) is 0 Å². The van der Waals surface area contributed by atoms with E-state index in [1.165, 1.54) is 33.1 Å². The van der Waals surface area contributed by atoms with E-state index < -0.39 is 5.51 Å². The molecular formula is C15H21ClF3NO2S. The molecule has 8 heteroatoms. The van der Waals surface area contributed by atoms with Crippen molar-refractivity contribution in [1.82, 2.24) is 5.32 Å². The van der Waals surface area contributed by atoms with Gasteiger partial charge in [-0.25, -0.2) is 0 Å². The summed E-state index contributed by atoms with van der Waals surface area (Å²) in [5.41, 5.74) is -3.51. The largest absolute Gasteiger partial charge is 0.496 e. The van der Waals surface area contributed by atoms with Crippen molar-refractivity contribution in [2.75, 3.05) is 27.3 Å². The first-order chi connectivity index (χ1) is 10.4. The van der Waals surface area contributed by atoms with Crippen LogP contribution in [0.5, 0.6) is 11.5 Å². The van der Waals surface area contributed by atoms with E-state index in [4.69, 9.17) is 9.47 Å². The summed E-state index contributed by atoms with van der Waals surface area (Å²) in [6, 6.07) is 3.03. The molecule has 0 radical (unpaired) electrons. The van der Waals surface area contributed by atoms with E-state index in [1.807, 2.05) is 0 Å². The second-order valence-corrected chi connectivity index (χ2v) is 6.37. The van der Waals surface area contributed by atoms with E-state index in [-0.39, 0.29) is 34.8 Å². The average Bonchev–Trinajstić information content (AvgIpc) is 3.26. The van der Waals surface area contributed by atoms with Gasteiger partial charge in [-0.1, -0.05) is 0 Å². The lowest BCUT2D eigenvalue weighted by Crippen LogP contribution is -2.20. The maximum absolute atomic E-state index is 12.6. The Kier molecular flexibility index (Phi) is 7.83. The fraction of sp³-hybridized carbons (Fsp3) is 0.600. The lowest BCUT2D eigenvalue weighted by Gasteiger charge is -2.15. The van der Waals surface area contributed by atoms with E-state index in [0.29, 0.717) is 12.2 Å². The molecule has 0 unspecified atom stereocenters. The Morgan fingerprint density at radius 3 is 2.35 bits per heavy atom. The summed E-state index contributed by atoms with van der Waals surface area (Å²) in [4.78, 5) is 0.0153. The van der Waals surface area contributed by atoms with Gasteiger partial charge < -0.3 is 14.8 Å². The molecular weight excluding hydrogens is 351 g/mol. The monoisotopic (exact) mass is 371 g/mol. The number of methoxy groups -OCH3 is 2. The molecule has 0 aliphatic heterocycles. The summed E-state index contributed by atoms with van der Waals surface area (Å²) < 4.78 is 48.1. The van der Waals surface area contributed by atoms with Crippen molar-refractivity contribution in [3.63, 3.8) is 0 Å². The quantitative estimate of drug-likeness (QED) is 0.545. The average molecular weight is 372 g/mol. The molecule has 0 atom stereocenters. The number of halogens is 4. The third kappa shape index (κ3) is 6.69. The molecule has 2 rings (SSSR count). The van der Waals surface area contributed by atoms with E-state index in [0.717, 1.165) is 24.6 Å². The van der Waals surface area contributed by atoms with Crippen LogP contribution in [0.25, 0.3) is 0 Å². The minimum Gasteiger partial charge on any atom is -0.496 e. The van der Waals surface area contributed by atoms with Crippen molar-refractivity contribution >= 4 is 24.2 Å². The SMILES string of the molecule is COc1cc(SC(F)(F)F)c(OC)cc1CCNCC1CC1.Cl. The molecule has 23 heavy (non-hydrogen) atoms. The molecule has 0 heterocycles. The van der Waals surface area contributed by atoms with Crippen LogP contribution in [0.1, 0.15) is 18.4 Å². The highest BCUT2D eigenvalue weighted by Crippen LogP contribution is 2.44. The van der Waals surface area contributed by atoms with Gasteiger partial charge in [0.1, 0.15) is 11.5 Å². The summed E-state index contributed by atoms with van der Waals surface area (Å²) in [7, 11) is 2.84. The lowest BCUT2D eigenvalue weighted by molar-refractivity contribution is -0.0328. The molecule has 0 saturated heterocycles. The fourth-order valence-electron chi connectivity index (χ4n) is 2.18. The van der Waals surface area contributed by atoms with Crippen molar-refractivity contribution in [3.8, 4) is 11.5 Å². The summed E-state index contributed by atoms with van der Waals surface area (Å²) in [6.07, 6.45) is 3.25. The number of thioether (sulfide) groups is 1. The molecule has 3 nitrogen and oxygen atoms in total. The summed E-state index contributed by atoms with van der Waals surface area (Å²) >= 11 is -0.190. The molecule has 1 saturated carbocycles. The van der Waals surface area contributed by atoms with Gasteiger partial charge in [-0.2, -0.15) is 13.2 Å². The molecule has 1 N–H and O–H groups in total. The Morgan fingerprint density at radius 1 is 1.17 bits per heavy atom. The first-order valence-corrected chi connectivity index (χ1v) is 7.96. The predicted octanol–water partition coefficient (Wildman–Crippen LogP) is 4.28. The van der Waals surface area contributed by atoms with Gasteiger partial charge in [0.05, 0.1) is 19.1 Å². The molecule has 0 bridgehead atoms. The van der Waals surface area contributed by atoms with Crippen LogP contribution in [0, 0.1) is 5.92 Å². The number of hydrogen-bond acceptors (Lipinski definition) is 4. The van der Waals surface area contributed by atoms with Crippen LogP contribution >= 0.6 is 24.2 Å². The topological polar surface area (TPSA) is 30.5 Å². The summed E-state index contributed by atoms with van der Waals surface area (Å²) in [5.74, 6) is 1.48. The zero-order valence-corrected chi connectivity index (χ0v) is 14.7. The Labute approximate surface area is 144 Å². The number of alkyl halides is 3. The van der Waals surface area contributed by atoms with Crippen molar-refractivity contribution in [2.24, 2.45) is 5.92 Å². The Bertz CT molecular complexity index is 510. The van der Waals surface area contributed by atoms with Gasteiger partial charge in [0.15, 0.2) is 0 Å². The third-order valence-corrected chi connectivity index (χ3v) is 4.26. The predicted molar refractivity (Wildman–Crippen MR) is 88.0 cm³/mol. The van der Waals surface area contributed by atoms with Gasteiger partial charge in [0.25, 0.3) is 0 Å². The zero-order chi connectivity index (χ0) is 16.2. The Hall–Kier alpha value is -0.790. The van der Waals surface area contributed by atoms with Crippen LogP contribution < -0.4 is 14.8 Å². The standard InChI is InChI=1S/C15H20F3NO2S.ClH/c1-20-12-8-14(22-15(16,17)18)13(21-2)7-11(12)5-6-19-9-10-3-4-10;/h7-8,10,19H,3-6,9H2,1-2H3;1H. The smallest absolute Gasteiger partial charge is 0.446 e. The van der Waals surface area contributed by atoms with Crippen molar-refractivity contribution in [3.05, 3.63) is 17.7 Å². The third-order valence-electron chi connectivity index (χ3n) is 3.49. The van der Waals surface area contributed by atoms with Gasteiger partial charge >= 0.3 is 5.51 Å². The maximum atomic E-state index is 12.6. The van der Waals surface area contributed by atoms with Crippen LogP contribution in [0.2, 0.25) is 0 Å². The molecule has 0 amide bonds. The van der Waals surface area contributed by atoms with Crippen molar-refractivity contribution in [2.45, 2.75) is 29.7 Å². The van der Waals surface area contributed by atoms with Crippen LogP contribution in [0.15, 0.2) is 17.0 Å². The lowest BCUT2D eigenvalue weighted by atomic mass is 10.1. The normalized spacial score (nSPS) is 14.3. The fourth-order valence-corrected chi connectivity index (χ4v) is 2.84. The van der Waals surface area contributed by atoms with Crippen LogP contribution in [0.4, 0.5) is 13.2 Å². The first kappa shape index (κ1) is 20.3. The van der Waals surface area contributed by atoms with Crippen molar-refractivity contribution in [1.29, 1.82) is 0 Å². The number of rotatable bonds is 8. The second-order valence-electron chi connectivity index (χ2n) is 5.26. The second kappa shape index (κ2) is 8.89. The van der Waals surface area contributed by atoms with E-state index in [1.54, 1.807) is 6.07 Å². The maximum Gasteiger partial charge on any atom is 0.446 e. The molecule has 1 aliphatic carbocycles. The number of nitrogens with one attached hydrogen (secondary N) is 1. The minimum atomic E-state index is -4.36. The minimum absolute atomic E-state index is 0. The Morgan fingerprint density at radius 2 is 1.83 bits per heavy atom. The van der Waals surface area contributed by atoms with Crippen LogP contribution in [-0.4, -0.2) is 32.8 Å². The van der Waals surface area contributed by atoms with Gasteiger partial charge in [0.2, 0.25) is 0 Å². The van der Waals surface area contributed by atoms with Gasteiger partial charge in [-0.05, 0) is 67.7 Å². The van der Waals surface area contributed by atoms with E-state index >= 15 is 0 Å². The highest BCUT2D eigenvalue weighted by Gasteiger charge is 2.31. The molecule has 1 fully saturated rings. The molecule has 1 aliphatic rings. The van der Waals surface area contributed by atoms with E-state index in [2.05, 4.69) is 5.32 Å². The molecule has 1 aromatic carbocycles. The number of hydrogen-bond donors (Lipinski definition) is 1. The number of ether oxygens (including phenoxy) is 2. The molecule has 1 aromatic rings. The van der Waals surface area contributed by atoms with Gasteiger partial charge in [-0.15, -0.1) is 12.4 Å². The number of benzene rings is 1. The molecule has 0 spiro atoms. The van der Waals surface area contributed by atoms with Gasteiger partial charge in [0, 0.05) is 0 Å². The van der Waals surface area contributed by atoms with Crippen molar-refractivity contribution < 1.29 is 22.6 Å². The first-order valence-electron chi connectivity index (χ1n) is 7.14. The molecule has 0 aromatic heterocycles. The van der Waals surface area contributed by atoms with Crippen LogP contribution in [-0.2, 0) is 6.42 Å².